The summed E-state index contributed by atoms with van der Waals surface area (Å²) in [7, 11) is 1.27. The van der Waals surface area contributed by atoms with Gasteiger partial charge in [0.1, 0.15) is 0 Å². The van der Waals surface area contributed by atoms with Crippen molar-refractivity contribution in [3.8, 4) is 0 Å². The maximum absolute atomic E-state index is 11.3. The van der Waals surface area contributed by atoms with Crippen molar-refractivity contribution in [1.82, 2.24) is 4.90 Å². The van der Waals surface area contributed by atoms with E-state index in [4.69, 9.17) is 4.74 Å². The predicted octanol–water partition coefficient (Wildman–Crippen LogP) is 1.01. The third kappa shape index (κ3) is 3.02. The number of nitrogens with zero attached hydrogens (tertiary/aromatic N) is 1. The third-order valence-electron chi connectivity index (χ3n) is 3.71. The molecule has 1 saturated carbocycles. The van der Waals surface area contributed by atoms with Gasteiger partial charge in [0.15, 0.2) is 0 Å². The Labute approximate surface area is 94.6 Å². The van der Waals surface area contributed by atoms with E-state index in [9.17, 15) is 4.21 Å². The quantitative estimate of drug-likeness (QED) is 0.710. The smallest absolute Gasteiger partial charge is 0.0572 e. The zero-order chi connectivity index (χ0) is 10.7. The molecule has 0 aromatic heterocycles. The third-order valence-corrected chi connectivity index (χ3v) is 4.98. The fourth-order valence-corrected chi connectivity index (χ4v) is 3.74. The number of rotatable bonds is 2. The van der Waals surface area contributed by atoms with Crippen molar-refractivity contribution in [2.75, 3.05) is 31.7 Å². The van der Waals surface area contributed by atoms with Crippen LogP contribution in [0.25, 0.3) is 0 Å². The molecule has 0 radical (unpaired) electrons. The lowest BCUT2D eigenvalue weighted by atomic mass is 9.92. The van der Waals surface area contributed by atoms with Crippen molar-refractivity contribution in [2.24, 2.45) is 0 Å². The molecule has 3 nitrogen and oxygen atoms in total. The van der Waals surface area contributed by atoms with Crippen LogP contribution in [0.4, 0.5) is 0 Å². The van der Waals surface area contributed by atoms with Crippen LogP contribution in [-0.4, -0.2) is 53.0 Å². The van der Waals surface area contributed by atoms with E-state index in [0.29, 0.717) is 6.10 Å². The summed E-state index contributed by atoms with van der Waals surface area (Å²) in [5, 5.41) is 0. The molecule has 4 heteroatoms. The summed E-state index contributed by atoms with van der Waals surface area (Å²) in [6.45, 7) is 2.07. The number of hydrogen-bond donors (Lipinski definition) is 0. The first-order chi connectivity index (χ1) is 7.29. The van der Waals surface area contributed by atoms with Crippen LogP contribution in [-0.2, 0) is 15.5 Å². The van der Waals surface area contributed by atoms with Gasteiger partial charge in [0.2, 0.25) is 0 Å². The molecule has 0 N–H and O–H groups in total. The molecule has 0 aromatic carbocycles. The summed E-state index contributed by atoms with van der Waals surface area (Å²) in [6, 6.07) is 0.730. The van der Waals surface area contributed by atoms with Crippen LogP contribution in [0.1, 0.15) is 25.7 Å². The standard InChI is InChI=1S/C11H21NO2S/c1-14-11-4-2-10(3-5-11)12-6-8-15(13)9-7-12/h10-11H,2-9H2,1H3. The van der Waals surface area contributed by atoms with Gasteiger partial charge in [0.25, 0.3) is 0 Å². The van der Waals surface area contributed by atoms with E-state index < -0.39 is 10.8 Å². The van der Waals surface area contributed by atoms with Crippen molar-refractivity contribution in [1.29, 1.82) is 0 Å². The molecule has 1 saturated heterocycles. The average molecular weight is 231 g/mol. The van der Waals surface area contributed by atoms with Crippen molar-refractivity contribution in [3.63, 3.8) is 0 Å². The van der Waals surface area contributed by atoms with Gasteiger partial charge >= 0.3 is 0 Å². The maximum Gasteiger partial charge on any atom is 0.0572 e. The second-order valence-electron chi connectivity index (χ2n) is 4.55. The molecule has 2 fully saturated rings. The maximum atomic E-state index is 11.3. The molecular weight excluding hydrogens is 210 g/mol. The van der Waals surface area contributed by atoms with Crippen LogP contribution in [0, 0.1) is 0 Å². The lowest BCUT2D eigenvalue weighted by Crippen LogP contribution is -2.46. The van der Waals surface area contributed by atoms with E-state index in [-0.39, 0.29) is 0 Å². The summed E-state index contributed by atoms with van der Waals surface area (Å²) in [5.41, 5.74) is 0. The highest BCUT2D eigenvalue weighted by molar-refractivity contribution is 7.85. The fraction of sp³-hybridized carbons (Fsp3) is 1.00. The summed E-state index contributed by atoms with van der Waals surface area (Å²) >= 11 is 0. The minimum atomic E-state index is -0.540. The van der Waals surface area contributed by atoms with Crippen LogP contribution < -0.4 is 0 Å². The molecule has 0 aromatic rings. The van der Waals surface area contributed by atoms with E-state index in [2.05, 4.69) is 4.90 Å². The van der Waals surface area contributed by atoms with Gasteiger partial charge in [-0.1, -0.05) is 0 Å². The van der Waals surface area contributed by atoms with Crippen LogP contribution >= 0.6 is 0 Å². The molecule has 0 bridgehead atoms. The molecule has 0 spiro atoms. The average Bonchev–Trinajstić information content (AvgIpc) is 2.30. The number of ether oxygens (including phenoxy) is 1. The monoisotopic (exact) mass is 231 g/mol. The van der Waals surface area contributed by atoms with E-state index in [0.717, 1.165) is 30.6 Å². The van der Waals surface area contributed by atoms with E-state index in [1.165, 1.54) is 25.7 Å². The number of methoxy groups -OCH3 is 1. The first kappa shape index (κ1) is 11.6. The molecule has 1 aliphatic heterocycles. The van der Waals surface area contributed by atoms with Crippen molar-refractivity contribution in [3.05, 3.63) is 0 Å². The highest BCUT2D eigenvalue weighted by Gasteiger charge is 2.27. The largest absolute Gasteiger partial charge is 0.381 e. The van der Waals surface area contributed by atoms with Gasteiger partial charge in [0, 0.05) is 48.5 Å². The Morgan fingerprint density at radius 3 is 2.27 bits per heavy atom. The topological polar surface area (TPSA) is 29.5 Å². The molecule has 0 amide bonds. The SMILES string of the molecule is COC1CCC(N2CCS(=O)CC2)CC1. The molecule has 1 heterocycles. The van der Waals surface area contributed by atoms with Crippen LogP contribution in [0.2, 0.25) is 0 Å². The zero-order valence-electron chi connectivity index (χ0n) is 9.48. The van der Waals surface area contributed by atoms with Gasteiger partial charge in [-0.05, 0) is 25.7 Å². The minimum absolute atomic E-state index is 0.486. The Morgan fingerprint density at radius 1 is 1.13 bits per heavy atom. The van der Waals surface area contributed by atoms with Gasteiger partial charge in [0.05, 0.1) is 6.10 Å². The van der Waals surface area contributed by atoms with Crippen molar-refractivity contribution >= 4 is 10.8 Å². The summed E-state index contributed by atoms with van der Waals surface area (Å²) in [4.78, 5) is 2.54. The van der Waals surface area contributed by atoms with E-state index in [1.807, 2.05) is 7.11 Å². The fourth-order valence-electron chi connectivity index (χ4n) is 2.66. The minimum Gasteiger partial charge on any atom is -0.381 e. The Balaban J connectivity index is 1.78. The molecule has 2 aliphatic rings. The van der Waals surface area contributed by atoms with Gasteiger partial charge < -0.3 is 4.74 Å². The van der Waals surface area contributed by atoms with Gasteiger partial charge in [-0.25, -0.2) is 0 Å². The Morgan fingerprint density at radius 2 is 1.73 bits per heavy atom. The molecule has 1 aliphatic carbocycles. The van der Waals surface area contributed by atoms with E-state index >= 15 is 0 Å². The zero-order valence-corrected chi connectivity index (χ0v) is 10.3. The van der Waals surface area contributed by atoms with Gasteiger partial charge in [-0.15, -0.1) is 0 Å². The van der Waals surface area contributed by atoms with Gasteiger partial charge in [-0.3, -0.25) is 9.11 Å². The molecule has 88 valence electrons. The van der Waals surface area contributed by atoms with Crippen molar-refractivity contribution in [2.45, 2.75) is 37.8 Å². The Kier molecular flexibility index (Phi) is 4.17. The Hall–Kier alpha value is 0.0700. The molecule has 0 unspecified atom stereocenters. The molecule has 15 heavy (non-hydrogen) atoms. The molecule has 0 atom stereocenters. The van der Waals surface area contributed by atoms with Gasteiger partial charge in [-0.2, -0.15) is 0 Å². The number of hydrogen-bond acceptors (Lipinski definition) is 3. The second-order valence-corrected chi connectivity index (χ2v) is 6.25. The van der Waals surface area contributed by atoms with E-state index in [1.54, 1.807) is 0 Å². The second kappa shape index (κ2) is 5.41. The summed E-state index contributed by atoms with van der Waals surface area (Å²) in [5.74, 6) is 1.76. The van der Waals surface area contributed by atoms with Crippen LogP contribution in [0.3, 0.4) is 0 Å². The normalized spacial score (nSPS) is 35.5. The lowest BCUT2D eigenvalue weighted by molar-refractivity contribution is 0.0406. The molecule has 2 rings (SSSR count). The first-order valence-electron chi connectivity index (χ1n) is 5.91. The van der Waals surface area contributed by atoms with Crippen LogP contribution in [0.15, 0.2) is 0 Å². The predicted molar refractivity (Wildman–Crippen MR) is 62.5 cm³/mol. The summed E-state index contributed by atoms with van der Waals surface area (Å²) < 4.78 is 16.6. The first-order valence-corrected chi connectivity index (χ1v) is 7.40. The van der Waals surface area contributed by atoms with Crippen molar-refractivity contribution < 1.29 is 8.95 Å². The highest BCUT2D eigenvalue weighted by atomic mass is 32.2. The molecular formula is C11H21NO2S. The Bertz CT molecular complexity index is 217. The lowest BCUT2D eigenvalue weighted by Gasteiger charge is -2.38. The summed E-state index contributed by atoms with van der Waals surface area (Å²) in [6.07, 6.45) is 5.39. The highest BCUT2D eigenvalue weighted by Crippen LogP contribution is 2.25. The van der Waals surface area contributed by atoms with Crippen LogP contribution in [0.5, 0.6) is 0 Å².